The molecular formula is C11H19NO5. The molecule has 0 aliphatic carbocycles. The first-order chi connectivity index (χ1) is 7.81. The van der Waals surface area contributed by atoms with Crippen molar-refractivity contribution in [1.82, 2.24) is 5.32 Å². The number of rotatable bonds is 3. The molecule has 17 heavy (non-hydrogen) atoms. The van der Waals surface area contributed by atoms with Crippen LogP contribution in [0.15, 0.2) is 0 Å². The van der Waals surface area contributed by atoms with Crippen LogP contribution in [-0.2, 0) is 14.3 Å². The Morgan fingerprint density at radius 3 is 2.71 bits per heavy atom. The van der Waals surface area contributed by atoms with E-state index < -0.39 is 17.7 Å². The quantitative estimate of drug-likeness (QED) is 0.704. The Balaban J connectivity index is 2.47. The Hall–Kier alpha value is -1.30. The Kier molecular flexibility index (Phi) is 4.34. The molecule has 0 saturated carbocycles. The summed E-state index contributed by atoms with van der Waals surface area (Å²) in [5, 5.41) is 11.7. The molecule has 1 aliphatic rings. The van der Waals surface area contributed by atoms with Gasteiger partial charge in [-0.15, -0.1) is 0 Å². The number of carbonyl (C=O) groups is 2. The van der Waals surface area contributed by atoms with Crippen LogP contribution in [0, 0.1) is 5.92 Å². The van der Waals surface area contributed by atoms with Gasteiger partial charge in [0.2, 0.25) is 0 Å². The summed E-state index contributed by atoms with van der Waals surface area (Å²) in [6, 6.07) is -0.517. The molecule has 0 aromatic heterocycles. The van der Waals surface area contributed by atoms with Crippen LogP contribution in [0.2, 0.25) is 0 Å². The first-order valence-electron chi connectivity index (χ1n) is 5.58. The van der Waals surface area contributed by atoms with Gasteiger partial charge in [0.15, 0.2) is 0 Å². The van der Waals surface area contributed by atoms with Crippen molar-refractivity contribution >= 4 is 12.1 Å². The molecule has 0 unspecified atom stereocenters. The number of hydrogen-bond acceptors (Lipinski definition) is 5. The molecular weight excluding hydrogens is 226 g/mol. The van der Waals surface area contributed by atoms with E-state index in [-0.39, 0.29) is 31.5 Å². The number of aliphatic hydroxyl groups excluding tert-OH is 1. The van der Waals surface area contributed by atoms with Crippen LogP contribution in [0.3, 0.4) is 0 Å². The van der Waals surface area contributed by atoms with Gasteiger partial charge in [0.1, 0.15) is 5.60 Å². The van der Waals surface area contributed by atoms with Gasteiger partial charge in [-0.1, -0.05) is 0 Å². The highest BCUT2D eigenvalue weighted by molar-refractivity contribution is 5.72. The van der Waals surface area contributed by atoms with Crippen LogP contribution in [-0.4, -0.2) is 42.0 Å². The van der Waals surface area contributed by atoms with Crippen molar-refractivity contribution in [2.24, 2.45) is 5.92 Å². The molecule has 1 rings (SSSR count). The standard InChI is InChI=1S/C11H19NO5/c1-11(2,3)17-10(15)12-8(5-13)7-4-9(14)16-6-7/h7-8,13H,4-6H2,1-3H3,(H,12,15)/t7-,8-/m1/s1. The maximum Gasteiger partial charge on any atom is 0.407 e. The lowest BCUT2D eigenvalue weighted by Gasteiger charge is -2.24. The predicted octanol–water partition coefficient (Wildman–Crippen LogP) is 0.435. The first kappa shape index (κ1) is 13.8. The SMILES string of the molecule is CC(C)(C)OC(=O)N[C@H](CO)[C@H]1COC(=O)C1. The minimum atomic E-state index is -0.601. The van der Waals surface area contributed by atoms with Gasteiger partial charge in [0, 0.05) is 5.92 Å². The maximum atomic E-state index is 11.5. The summed E-state index contributed by atoms with van der Waals surface area (Å²) >= 11 is 0. The number of carbonyl (C=O) groups excluding carboxylic acids is 2. The monoisotopic (exact) mass is 245 g/mol. The van der Waals surface area contributed by atoms with E-state index in [9.17, 15) is 14.7 Å². The van der Waals surface area contributed by atoms with Gasteiger partial charge in [0.05, 0.1) is 25.7 Å². The maximum absolute atomic E-state index is 11.5. The average molecular weight is 245 g/mol. The van der Waals surface area contributed by atoms with Crippen molar-refractivity contribution in [1.29, 1.82) is 0 Å². The van der Waals surface area contributed by atoms with Crippen LogP contribution >= 0.6 is 0 Å². The minimum absolute atomic E-state index is 0.194. The number of cyclic esters (lactones) is 1. The number of hydrogen-bond donors (Lipinski definition) is 2. The summed E-state index contributed by atoms with van der Waals surface area (Å²) in [4.78, 5) is 22.4. The Labute approximate surface area is 100 Å². The smallest absolute Gasteiger partial charge is 0.407 e. The Morgan fingerprint density at radius 1 is 1.65 bits per heavy atom. The molecule has 2 N–H and O–H groups in total. The zero-order valence-corrected chi connectivity index (χ0v) is 10.4. The van der Waals surface area contributed by atoms with Gasteiger partial charge >= 0.3 is 12.1 Å². The largest absolute Gasteiger partial charge is 0.465 e. The predicted molar refractivity (Wildman–Crippen MR) is 59.3 cm³/mol. The molecule has 1 fully saturated rings. The second-order valence-corrected chi connectivity index (χ2v) is 5.08. The van der Waals surface area contributed by atoms with Crippen LogP contribution in [0.1, 0.15) is 27.2 Å². The number of aliphatic hydroxyl groups is 1. The molecule has 1 aliphatic heterocycles. The van der Waals surface area contributed by atoms with Gasteiger partial charge < -0.3 is 19.9 Å². The Bertz CT molecular complexity index is 297. The summed E-state index contributed by atoms with van der Waals surface area (Å²) in [5.41, 5.74) is -0.591. The van der Waals surface area contributed by atoms with Gasteiger partial charge in [-0.05, 0) is 20.8 Å². The minimum Gasteiger partial charge on any atom is -0.465 e. The topological polar surface area (TPSA) is 84.9 Å². The molecule has 6 nitrogen and oxygen atoms in total. The summed E-state index contributed by atoms with van der Waals surface area (Å²) in [7, 11) is 0. The van der Waals surface area contributed by atoms with Crippen molar-refractivity contribution in [3.63, 3.8) is 0 Å². The zero-order chi connectivity index (χ0) is 13.1. The molecule has 0 radical (unpaired) electrons. The second-order valence-electron chi connectivity index (χ2n) is 5.08. The lowest BCUT2D eigenvalue weighted by Crippen LogP contribution is -2.45. The van der Waals surface area contributed by atoms with Crippen molar-refractivity contribution in [2.75, 3.05) is 13.2 Å². The Morgan fingerprint density at radius 2 is 2.29 bits per heavy atom. The molecule has 2 atom stereocenters. The molecule has 1 saturated heterocycles. The molecule has 0 bridgehead atoms. The number of amides is 1. The van der Waals surface area contributed by atoms with Crippen LogP contribution in [0.4, 0.5) is 4.79 Å². The third-order valence-corrected chi connectivity index (χ3v) is 2.36. The fourth-order valence-corrected chi connectivity index (χ4v) is 1.56. The van der Waals surface area contributed by atoms with E-state index in [1.54, 1.807) is 20.8 Å². The van der Waals surface area contributed by atoms with Crippen LogP contribution in [0.25, 0.3) is 0 Å². The molecule has 1 amide bonds. The molecule has 1 heterocycles. The van der Waals surface area contributed by atoms with E-state index >= 15 is 0 Å². The summed E-state index contributed by atoms with van der Waals surface area (Å²) < 4.78 is 9.86. The first-order valence-corrected chi connectivity index (χ1v) is 5.58. The van der Waals surface area contributed by atoms with Crippen molar-refractivity contribution in [2.45, 2.75) is 38.8 Å². The third-order valence-electron chi connectivity index (χ3n) is 2.36. The molecule has 98 valence electrons. The van der Waals surface area contributed by atoms with Crippen molar-refractivity contribution < 1.29 is 24.2 Å². The fourth-order valence-electron chi connectivity index (χ4n) is 1.56. The zero-order valence-electron chi connectivity index (χ0n) is 10.4. The third kappa shape index (κ3) is 4.60. The molecule has 0 aromatic carbocycles. The highest BCUT2D eigenvalue weighted by atomic mass is 16.6. The summed E-state index contributed by atoms with van der Waals surface area (Å²) in [5.74, 6) is -0.501. The van der Waals surface area contributed by atoms with Crippen LogP contribution in [0.5, 0.6) is 0 Å². The van der Waals surface area contributed by atoms with Crippen LogP contribution < -0.4 is 5.32 Å². The highest BCUT2D eigenvalue weighted by Gasteiger charge is 2.32. The molecule has 0 spiro atoms. The lowest BCUT2D eigenvalue weighted by atomic mass is 10.00. The number of alkyl carbamates (subject to hydrolysis) is 1. The van der Waals surface area contributed by atoms with Gasteiger partial charge in [-0.2, -0.15) is 0 Å². The van der Waals surface area contributed by atoms with E-state index in [1.165, 1.54) is 0 Å². The number of esters is 1. The van der Waals surface area contributed by atoms with Crippen molar-refractivity contribution in [3.05, 3.63) is 0 Å². The molecule has 0 aromatic rings. The average Bonchev–Trinajstić information content (AvgIpc) is 2.58. The normalized spacial score (nSPS) is 21.9. The van der Waals surface area contributed by atoms with E-state index in [1.807, 2.05) is 0 Å². The number of ether oxygens (including phenoxy) is 2. The highest BCUT2D eigenvalue weighted by Crippen LogP contribution is 2.18. The fraction of sp³-hybridized carbons (Fsp3) is 0.818. The molecule has 6 heteroatoms. The number of nitrogens with one attached hydrogen (secondary N) is 1. The van der Waals surface area contributed by atoms with E-state index in [2.05, 4.69) is 5.32 Å². The van der Waals surface area contributed by atoms with E-state index in [4.69, 9.17) is 9.47 Å². The summed E-state index contributed by atoms with van der Waals surface area (Å²) in [6.07, 6.45) is -0.392. The summed E-state index contributed by atoms with van der Waals surface area (Å²) in [6.45, 7) is 5.23. The van der Waals surface area contributed by atoms with E-state index in [0.29, 0.717) is 0 Å². The second kappa shape index (κ2) is 5.35. The lowest BCUT2D eigenvalue weighted by molar-refractivity contribution is -0.137. The van der Waals surface area contributed by atoms with Gasteiger partial charge in [0.25, 0.3) is 0 Å². The van der Waals surface area contributed by atoms with E-state index in [0.717, 1.165) is 0 Å². The van der Waals surface area contributed by atoms with Crippen molar-refractivity contribution in [3.8, 4) is 0 Å². The van der Waals surface area contributed by atoms with Gasteiger partial charge in [-0.3, -0.25) is 4.79 Å². The van der Waals surface area contributed by atoms with Gasteiger partial charge in [-0.25, -0.2) is 4.79 Å².